The number of aromatic nitrogens is 1. The molecule has 2 heterocycles. The molecule has 0 aliphatic carbocycles. The highest BCUT2D eigenvalue weighted by atomic mass is 16.5. The predicted octanol–water partition coefficient (Wildman–Crippen LogP) is 2.60. The number of hydrogen-bond donors (Lipinski definition) is 1. The summed E-state index contributed by atoms with van der Waals surface area (Å²) in [6, 6.07) is 18.3. The van der Waals surface area contributed by atoms with Crippen molar-refractivity contribution in [3.63, 3.8) is 0 Å². The molecule has 0 bridgehead atoms. The molecule has 1 atom stereocenters. The number of ether oxygens (including phenoxy) is 1. The molecule has 0 unspecified atom stereocenters. The lowest BCUT2D eigenvalue weighted by molar-refractivity contribution is -0.154. The average molecular weight is 361 g/mol. The van der Waals surface area contributed by atoms with Gasteiger partial charge in [0.2, 0.25) is 11.8 Å². The maximum absolute atomic E-state index is 12.9. The van der Waals surface area contributed by atoms with Crippen molar-refractivity contribution in [3.8, 4) is 0 Å². The van der Waals surface area contributed by atoms with E-state index >= 15 is 0 Å². The zero-order valence-corrected chi connectivity index (χ0v) is 14.7. The van der Waals surface area contributed by atoms with Crippen molar-refractivity contribution in [3.05, 3.63) is 72.4 Å². The molecule has 1 aromatic heterocycles. The van der Waals surface area contributed by atoms with Crippen molar-refractivity contribution < 1.29 is 14.3 Å². The minimum Gasteiger partial charge on any atom is -0.369 e. The maximum atomic E-state index is 12.9. The molecule has 1 fully saturated rings. The Morgan fingerprint density at radius 1 is 1.11 bits per heavy atom. The molecule has 136 valence electrons. The van der Waals surface area contributed by atoms with E-state index in [4.69, 9.17) is 4.74 Å². The predicted molar refractivity (Wildman–Crippen MR) is 102 cm³/mol. The van der Waals surface area contributed by atoms with Gasteiger partial charge >= 0.3 is 0 Å². The van der Waals surface area contributed by atoms with Crippen LogP contribution in [0.25, 0.3) is 10.9 Å². The van der Waals surface area contributed by atoms with Crippen LogP contribution in [0.5, 0.6) is 0 Å². The van der Waals surface area contributed by atoms with Crippen molar-refractivity contribution in [2.24, 2.45) is 0 Å². The van der Waals surface area contributed by atoms with Crippen LogP contribution in [0.2, 0.25) is 0 Å². The largest absolute Gasteiger partial charge is 0.369 e. The first kappa shape index (κ1) is 17.2. The lowest BCUT2D eigenvalue weighted by Crippen LogP contribution is -2.54. The van der Waals surface area contributed by atoms with Crippen molar-refractivity contribution >= 4 is 28.4 Å². The van der Waals surface area contributed by atoms with Crippen molar-refractivity contribution in [2.45, 2.75) is 12.6 Å². The minimum atomic E-state index is -0.689. The number of anilines is 1. The SMILES string of the molecule is O=C(Nc1cccc2cccnc12)[C@H]1COCC(=O)N1Cc1ccccc1. The molecule has 0 radical (unpaired) electrons. The third kappa shape index (κ3) is 3.66. The highest BCUT2D eigenvalue weighted by Crippen LogP contribution is 2.22. The zero-order chi connectivity index (χ0) is 18.6. The van der Waals surface area contributed by atoms with Gasteiger partial charge in [0.15, 0.2) is 0 Å². The van der Waals surface area contributed by atoms with Gasteiger partial charge in [0.25, 0.3) is 0 Å². The van der Waals surface area contributed by atoms with Gasteiger partial charge < -0.3 is 15.0 Å². The van der Waals surface area contributed by atoms with E-state index < -0.39 is 6.04 Å². The molecular formula is C21H19N3O3. The van der Waals surface area contributed by atoms with E-state index in [0.717, 1.165) is 10.9 Å². The first-order valence-electron chi connectivity index (χ1n) is 8.78. The fourth-order valence-corrected chi connectivity index (χ4v) is 3.22. The summed E-state index contributed by atoms with van der Waals surface area (Å²) in [5.74, 6) is -0.474. The minimum absolute atomic E-state index is 0.00750. The van der Waals surface area contributed by atoms with E-state index in [1.807, 2.05) is 54.6 Å². The van der Waals surface area contributed by atoms with E-state index in [1.54, 1.807) is 17.2 Å². The third-order valence-electron chi connectivity index (χ3n) is 4.59. The molecule has 1 saturated heterocycles. The summed E-state index contributed by atoms with van der Waals surface area (Å²) in [4.78, 5) is 31.3. The van der Waals surface area contributed by atoms with Gasteiger partial charge in [-0.25, -0.2) is 0 Å². The van der Waals surface area contributed by atoms with Gasteiger partial charge in [0, 0.05) is 18.1 Å². The lowest BCUT2D eigenvalue weighted by Gasteiger charge is -2.34. The first-order valence-corrected chi connectivity index (χ1v) is 8.78. The normalized spacial score (nSPS) is 17.1. The van der Waals surface area contributed by atoms with Crippen molar-refractivity contribution in [1.29, 1.82) is 0 Å². The molecular weight excluding hydrogens is 342 g/mol. The van der Waals surface area contributed by atoms with Gasteiger partial charge in [-0.3, -0.25) is 14.6 Å². The Hall–Kier alpha value is -3.25. The van der Waals surface area contributed by atoms with Crippen LogP contribution in [0.4, 0.5) is 5.69 Å². The van der Waals surface area contributed by atoms with Gasteiger partial charge in [0.05, 0.1) is 17.8 Å². The number of benzene rings is 2. The number of nitrogens with zero attached hydrogens (tertiary/aromatic N) is 2. The van der Waals surface area contributed by atoms with Gasteiger partial charge in [-0.2, -0.15) is 0 Å². The number of carbonyl (C=O) groups is 2. The number of carbonyl (C=O) groups excluding carboxylic acids is 2. The van der Waals surface area contributed by atoms with Crippen molar-refractivity contribution in [1.82, 2.24) is 9.88 Å². The number of hydrogen-bond acceptors (Lipinski definition) is 4. The van der Waals surface area contributed by atoms with Crippen LogP contribution in [0, 0.1) is 0 Å². The molecule has 1 N–H and O–H groups in total. The van der Waals surface area contributed by atoms with Crippen molar-refractivity contribution in [2.75, 3.05) is 18.5 Å². The highest BCUT2D eigenvalue weighted by molar-refractivity contribution is 6.03. The Morgan fingerprint density at radius 3 is 2.78 bits per heavy atom. The van der Waals surface area contributed by atoms with E-state index in [0.29, 0.717) is 17.7 Å². The van der Waals surface area contributed by atoms with Gasteiger partial charge in [0.1, 0.15) is 12.6 Å². The first-order chi connectivity index (χ1) is 13.2. The highest BCUT2D eigenvalue weighted by Gasteiger charge is 2.34. The second-order valence-electron chi connectivity index (χ2n) is 6.41. The topological polar surface area (TPSA) is 71.5 Å². The van der Waals surface area contributed by atoms with Crippen LogP contribution in [-0.4, -0.2) is 41.0 Å². The Morgan fingerprint density at radius 2 is 1.93 bits per heavy atom. The Labute approximate surface area is 156 Å². The van der Waals surface area contributed by atoms with Crippen LogP contribution in [-0.2, 0) is 20.9 Å². The molecule has 2 aromatic carbocycles. The van der Waals surface area contributed by atoms with Gasteiger partial charge in [-0.1, -0.05) is 48.5 Å². The summed E-state index contributed by atoms with van der Waals surface area (Å²) in [7, 11) is 0. The molecule has 0 spiro atoms. The number of rotatable bonds is 4. The molecule has 1 aliphatic rings. The van der Waals surface area contributed by atoms with Crippen LogP contribution in [0.3, 0.4) is 0 Å². The van der Waals surface area contributed by atoms with Gasteiger partial charge in [-0.05, 0) is 17.7 Å². The van der Waals surface area contributed by atoms with E-state index in [9.17, 15) is 9.59 Å². The zero-order valence-electron chi connectivity index (χ0n) is 14.7. The van der Waals surface area contributed by atoms with Crippen LogP contribution in [0.15, 0.2) is 66.9 Å². The fourth-order valence-electron chi connectivity index (χ4n) is 3.22. The summed E-state index contributed by atoms with van der Waals surface area (Å²) < 4.78 is 5.34. The number of nitrogens with one attached hydrogen (secondary N) is 1. The summed E-state index contributed by atoms with van der Waals surface area (Å²) in [6.07, 6.45) is 1.69. The molecule has 3 aromatic rings. The van der Waals surface area contributed by atoms with Crippen LogP contribution < -0.4 is 5.32 Å². The quantitative estimate of drug-likeness (QED) is 0.775. The molecule has 27 heavy (non-hydrogen) atoms. The van der Waals surface area contributed by atoms with E-state index in [2.05, 4.69) is 10.3 Å². The van der Waals surface area contributed by atoms with Gasteiger partial charge in [-0.15, -0.1) is 0 Å². The Kier molecular flexibility index (Phi) is 4.80. The smallest absolute Gasteiger partial charge is 0.249 e. The molecule has 1 aliphatic heterocycles. The number of fused-ring (bicyclic) bond motifs is 1. The monoisotopic (exact) mass is 361 g/mol. The number of pyridine rings is 1. The number of para-hydroxylation sites is 1. The molecule has 2 amide bonds. The lowest BCUT2D eigenvalue weighted by atomic mass is 10.1. The Bertz CT molecular complexity index is 969. The maximum Gasteiger partial charge on any atom is 0.249 e. The third-order valence-corrected chi connectivity index (χ3v) is 4.59. The molecule has 6 heteroatoms. The molecule has 4 rings (SSSR count). The standard InChI is InChI=1S/C21H19N3O3/c25-19-14-27-13-18(24(19)12-15-6-2-1-3-7-15)21(26)23-17-10-4-8-16-9-5-11-22-20(16)17/h1-11,18H,12-14H2,(H,23,26)/t18-/m1/s1. The van der Waals surface area contributed by atoms with E-state index in [-0.39, 0.29) is 25.0 Å². The molecule has 0 saturated carbocycles. The van der Waals surface area contributed by atoms with Crippen LogP contribution >= 0.6 is 0 Å². The second kappa shape index (κ2) is 7.55. The molecule has 6 nitrogen and oxygen atoms in total. The number of morpholine rings is 1. The summed E-state index contributed by atoms with van der Waals surface area (Å²) in [5, 5.41) is 3.85. The summed E-state index contributed by atoms with van der Waals surface area (Å²) in [6.45, 7) is 0.532. The second-order valence-corrected chi connectivity index (χ2v) is 6.41. The number of amides is 2. The average Bonchev–Trinajstić information content (AvgIpc) is 2.70. The van der Waals surface area contributed by atoms with E-state index in [1.165, 1.54) is 0 Å². The fraction of sp³-hybridized carbons (Fsp3) is 0.190. The summed E-state index contributed by atoms with van der Waals surface area (Å²) in [5.41, 5.74) is 2.30. The summed E-state index contributed by atoms with van der Waals surface area (Å²) >= 11 is 0. The Balaban J connectivity index is 1.57. The van der Waals surface area contributed by atoms with Crippen LogP contribution in [0.1, 0.15) is 5.56 Å².